The van der Waals surface area contributed by atoms with Gasteiger partial charge in [0.2, 0.25) is 0 Å². The topological polar surface area (TPSA) is 94.0 Å². The third kappa shape index (κ3) is 1.83. The second-order valence-corrected chi connectivity index (χ2v) is 4.53. The van der Waals surface area contributed by atoms with Crippen LogP contribution in [0.2, 0.25) is 0 Å². The molecule has 0 amide bonds. The molecule has 0 spiro atoms. The van der Waals surface area contributed by atoms with Crippen LogP contribution in [0.25, 0.3) is 11.0 Å². The Bertz CT molecular complexity index is 784. The Morgan fingerprint density at radius 1 is 1.40 bits per heavy atom. The Morgan fingerprint density at radius 3 is 2.85 bits per heavy atom. The van der Waals surface area contributed by atoms with Crippen molar-refractivity contribution < 1.29 is 14.4 Å². The van der Waals surface area contributed by atoms with Crippen LogP contribution in [-0.4, -0.2) is 31.2 Å². The summed E-state index contributed by atoms with van der Waals surface area (Å²) in [4.78, 5) is 11.3. The number of benzene rings is 1. The highest BCUT2D eigenvalue weighted by atomic mass is 16.5. The lowest BCUT2D eigenvalue weighted by atomic mass is 10.1. The molecule has 0 radical (unpaired) electrons. The Kier molecular flexibility index (Phi) is 2.74. The van der Waals surface area contributed by atoms with Gasteiger partial charge in [-0.1, -0.05) is 16.4 Å². The second kappa shape index (κ2) is 4.44. The molecule has 0 bridgehead atoms. The molecular formula is C13H12N4O3. The summed E-state index contributed by atoms with van der Waals surface area (Å²) in [6.07, 6.45) is 0. The molecule has 1 aromatic carbocycles. The quantitative estimate of drug-likeness (QED) is 0.781. The zero-order valence-corrected chi connectivity index (χ0v) is 11.0. The standard InChI is InChI=1S/C13H12N4O3/c1-7-10(8(2)20-15-7)6-17-12-9(13(18)19)4-3-5-11(12)14-16-17/h3-5H,6H2,1-2H3,(H,18,19). The maximum absolute atomic E-state index is 11.3. The van der Waals surface area contributed by atoms with Gasteiger partial charge in [-0.15, -0.1) is 5.10 Å². The highest BCUT2D eigenvalue weighted by Crippen LogP contribution is 2.20. The number of aromatic carboxylic acids is 1. The highest BCUT2D eigenvalue weighted by molar-refractivity contribution is 6.00. The fraction of sp³-hybridized carbons (Fsp3) is 0.231. The van der Waals surface area contributed by atoms with Crippen molar-refractivity contribution >= 4 is 17.0 Å². The normalized spacial score (nSPS) is 11.1. The van der Waals surface area contributed by atoms with E-state index in [1.54, 1.807) is 16.8 Å². The summed E-state index contributed by atoms with van der Waals surface area (Å²) in [5, 5.41) is 21.2. The Labute approximate surface area is 113 Å². The first-order chi connectivity index (χ1) is 9.58. The molecule has 0 saturated heterocycles. The van der Waals surface area contributed by atoms with E-state index in [4.69, 9.17) is 4.52 Å². The van der Waals surface area contributed by atoms with Crippen LogP contribution in [0.3, 0.4) is 0 Å². The molecule has 3 aromatic rings. The first-order valence-electron chi connectivity index (χ1n) is 6.05. The summed E-state index contributed by atoms with van der Waals surface area (Å²) in [5.41, 5.74) is 2.88. The first-order valence-corrected chi connectivity index (χ1v) is 6.05. The molecule has 7 nitrogen and oxygen atoms in total. The van der Waals surface area contributed by atoms with Crippen molar-refractivity contribution in [3.8, 4) is 0 Å². The minimum Gasteiger partial charge on any atom is -0.478 e. The van der Waals surface area contributed by atoms with E-state index < -0.39 is 5.97 Å². The van der Waals surface area contributed by atoms with E-state index in [9.17, 15) is 9.90 Å². The summed E-state index contributed by atoms with van der Waals surface area (Å²) >= 11 is 0. The Morgan fingerprint density at radius 2 is 2.20 bits per heavy atom. The van der Waals surface area contributed by atoms with Gasteiger partial charge in [-0.05, 0) is 26.0 Å². The van der Waals surface area contributed by atoms with Gasteiger partial charge in [0, 0.05) is 5.56 Å². The number of aromatic nitrogens is 4. The van der Waals surface area contributed by atoms with Gasteiger partial charge in [0.15, 0.2) is 0 Å². The minimum absolute atomic E-state index is 0.180. The predicted molar refractivity (Wildman–Crippen MR) is 69.6 cm³/mol. The second-order valence-electron chi connectivity index (χ2n) is 4.53. The van der Waals surface area contributed by atoms with E-state index in [0.717, 1.165) is 11.3 Å². The third-order valence-corrected chi connectivity index (χ3v) is 3.25. The van der Waals surface area contributed by atoms with Crippen molar-refractivity contribution in [3.63, 3.8) is 0 Å². The lowest BCUT2D eigenvalue weighted by molar-refractivity contribution is 0.0698. The number of fused-ring (bicyclic) bond motifs is 1. The molecule has 0 aliphatic heterocycles. The molecule has 1 N–H and O–H groups in total. The number of carboxylic acid groups (broad SMARTS) is 1. The molecule has 20 heavy (non-hydrogen) atoms. The summed E-state index contributed by atoms with van der Waals surface area (Å²) in [6, 6.07) is 4.93. The lowest BCUT2D eigenvalue weighted by Gasteiger charge is -2.04. The van der Waals surface area contributed by atoms with Crippen LogP contribution in [0.4, 0.5) is 0 Å². The van der Waals surface area contributed by atoms with Crippen molar-refractivity contribution in [3.05, 3.63) is 40.8 Å². The van der Waals surface area contributed by atoms with Gasteiger partial charge in [0.1, 0.15) is 16.8 Å². The fourth-order valence-corrected chi connectivity index (χ4v) is 2.19. The van der Waals surface area contributed by atoms with Gasteiger partial charge in [0.25, 0.3) is 0 Å². The van der Waals surface area contributed by atoms with Gasteiger partial charge in [-0.25, -0.2) is 9.48 Å². The smallest absolute Gasteiger partial charge is 0.337 e. The maximum Gasteiger partial charge on any atom is 0.337 e. The lowest BCUT2D eigenvalue weighted by Crippen LogP contribution is -2.07. The zero-order valence-electron chi connectivity index (χ0n) is 11.0. The number of rotatable bonds is 3. The van der Waals surface area contributed by atoms with Crippen LogP contribution in [0.15, 0.2) is 22.7 Å². The van der Waals surface area contributed by atoms with Crippen molar-refractivity contribution in [2.45, 2.75) is 20.4 Å². The van der Waals surface area contributed by atoms with E-state index in [2.05, 4.69) is 15.5 Å². The first kappa shape index (κ1) is 12.3. The molecule has 0 atom stereocenters. The summed E-state index contributed by atoms with van der Waals surface area (Å²) in [7, 11) is 0. The van der Waals surface area contributed by atoms with Crippen LogP contribution >= 0.6 is 0 Å². The predicted octanol–water partition coefficient (Wildman–Crippen LogP) is 1.78. The number of carbonyl (C=O) groups is 1. The van der Waals surface area contributed by atoms with Crippen molar-refractivity contribution in [2.75, 3.05) is 0 Å². The average Bonchev–Trinajstić information content (AvgIpc) is 2.97. The van der Waals surface area contributed by atoms with E-state index in [0.29, 0.717) is 23.3 Å². The number of para-hydroxylation sites is 1. The molecule has 0 unspecified atom stereocenters. The molecule has 0 fully saturated rings. The van der Waals surface area contributed by atoms with E-state index in [1.165, 1.54) is 6.07 Å². The van der Waals surface area contributed by atoms with E-state index in [-0.39, 0.29) is 5.56 Å². The van der Waals surface area contributed by atoms with Gasteiger partial charge in [-0.3, -0.25) is 0 Å². The van der Waals surface area contributed by atoms with Crippen molar-refractivity contribution in [1.29, 1.82) is 0 Å². The monoisotopic (exact) mass is 272 g/mol. The molecule has 3 rings (SSSR count). The highest BCUT2D eigenvalue weighted by Gasteiger charge is 2.17. The van der Waals surface area contributed by atoms with E-state index >= 15 is 0 Å². The fourth-order valence-electron chi connectivity index (χ4n) is 2.19. The Hall–Kier alpha value is -2.70. The number of nitrogens with zero attached hydrogens (tertiary/aromatic N) is 4. The molecule has 102 valence electrons. The van der Waals surface area contributed by atoms with Crippen molar-refractivity contribution in [2.24, 2.45) is 0 Å². The van der Waals surface area contributed by atoms with Gasteiger partial charge >= 0.3 is 5.97 Å². The third-order valence-electron chi connectivity index (χ3n) is 3.25. The maximum atomic E-state index is 11.3. The van der Waals surface area contributed by atoms with Crippen LogP contribution in [0, 0.1) is 13.8 Å². The van der Waals surface area contributed by atoms with Gasteiger partial charge in [0.05, 0.1) is 17.8 Å². The van der Waals surface area contributed by atoms with Crippen LogP contribution in [0.5, 0.6) is 0 Å². The molecule has 7 heteroatoms. The van der Waals surface area contributed by atoms with Gasteiger partial charge < -0.3 is 9.63 Å². The van der Waals surface area contributed by atoms with Crippen LogP contribution in [0.1, 0.15) is 27.4 Å². The molecule has 0 saturated carbocycles. The molecule has 0 aliphatic carbocycles. The number of carboxylic acids is 1. The molecule has 0 aliphatic rings. The minimum atomic E-state index is -1.00. The van der Waals surface area contributed by atoms with Crippen molar-refractivity contribution in [1.82, 2.24) is 20.2 Å². The Balaban J connectivity index is 2.15. The SMILES string of the molecule is Cc1noc(C)c1Cn1nnc2cccc(C(=O)O)c21. The van der Waals surface area contributed by atoms with Crippen LogP contribution in [-0.2, 0) is 6.54 Å². The average molecular weight is 272 g/mol. The number of hydrogen-bond donors (Lipinski definition) is 1. The molecule has 2 aromatic heterocycles. The number of aryl methyl sites for hydroxylation is 2. The summed E-state index contributed by atoms with van der Waals surface area (Å²) in [6.45, 7) is 4.03. The summed E-state index contributed by atoms with van der Waals surface area (Å²) in [5.74, 6) is -0.308. The largest absolute Gasteiger partial charge is 0.478 e. The molecule has 2 heterocycles. The molecular weight excluding hydrogens is 260 g/mol. The number of hydrogen-bond acceptors (Lipinski definition) is 5. The zero-order chi connectivity index (χ0) is 14.3. The van der Waals surface area contributed by atoms with Crippen LogP contribution < -0.4 is 0 Å². The van der Waals surface area contributed by atoms with E-state index in [1.807, 2.05) is 13.8 Å². The van der Waals surface area contributed by atoms with Gasteiger partial charge in [-0.2, -0.15) is 0 Å². The summed E-state index contributed by atoms with van der Waals surface area (Å²) < 4.78 is 6.67.